The summed E-state index contributed by atoms with van der Waals surface area (Å²) in [6.45, 7) is 9.20. The van der Waals surface area contributed by atoms with Crippen LogP contribution in [0.25, 0.3) is 0 Å². The van der Waals surface area contributed by atoms with Crippen LogP contribution >= 0.6 is 0 Å². The molecule has 4 rings (SSSR count). The minimum Gasteiger partial charge on any atom is -0.264 e. The fourth-order valence-electron chi connectivity index (χ4n) is 9.06. The standard InChI is InChI=1S/C27H46O8S2/c1-18(2)6-5-7-19(17-34-36(28,29)30)23-10-11-24-22-9-8-20-16-21(35-37(31,32)33)12-14-26(20,3)25(22)13-15-27(23,24)4/h8,18-19,21-25H,5-7,9-17H2,1-4H3,(H,28,29,30)(H,31,32,33)/t19-,21+,22-,23+,24-,25-,26-,27+/m0/s1. The fraction of sp³-hybridized carbons (Fsp3) is 0.926. The predicted octanol–water partition coefficient (Wildman–Crippen LogP) is 6.02. The minimum atomic E-state index is -4.47. The lowest BCUT2D eigenvalue weighted by Gasteiger charge is -2.58. The summed E-state index contributed by atoms with van der Waals surface area (Å²) in [5.74, 6) is 2.69. The Morgan fingerprint density at radius 3 is 2.35 bits per heavy atom. The Morgan fingerprint density at radius 1 is 0.973 bits per heavy atom. The molecule has 0 amide bonds. The summed E-state index contributed by atoms with van der Waals surface area (Å²) in [4.78, 5) is 0. The molecule has 4 aliphatic rings. The van der Waals surface area contributed by atoms with Gasteiger partial charge in [-0.1, -0.05) is 52.2 Å². The molecule has 3 fully saturated rings. The third kappa shape index (κ3) is 6.46. The van der Waals surface area contributed by atoms with Crippen molar-refractivity contribution in [2.75, 3.05) is 6.61 Å². The Hall–Kier alpha value is -0.520. The lowest BCUT2D eigenvalue weighted by molar-refractivity contribution is -0.0605. The van der Waals surface area contributed by atoms with Crippen LogP contribution in [-0.4, -0.2) is 38.7 Å². The van der Waals surface area contributed by atoms with Gasteiger partial charge in [0.15, 0.2) is 0 Å². The van der Waals surface area contributed by atoms with Crippen LogP contribution in [0.1, 0.15) is 98.3 Å². The summed E-state index contributed by atoms with van der Waals surface area (Å²) in [6, 6.07) is 0. The van der Waals surface area contributed by atoms with Crippen LogP contribution in [0.15, 0.2) is 11.6 Å². The molecule has 0 aromatic rings. The van der Waals surface area contributed by atoms with Gasteiger partial charge in [-0.2, -0.15) is 16.8 Å². The van der Waals surface area contributed by atoms with Gasteiger partial charge in [-0.15, -0.1) is 0 Å². The molecule has 37 heavy (non-hydrogen) atoms. The van der Waals surface area contributed by atoms with Gasteiger partial charge in [0.05, 0.1) is 12.7 Å². The number of allylic oxidation sites excluding steroid dienone is 1. The van der Waals surface area contributed by atoms with E-state index < -0.39 is 26.9 Å². The van der Waals surface area contributed by atoms with E-state index in [-0.39, 0.29) is 23.4 Å². The van der Waals surface area contributed by atoms with Crippen molar-refractivity contribution < 1.29 is 34.3 Å². The number of hydrogen-bond acceptors (Lipinski definition) is 6. The van der Waals surface area contributed by atoms with Crippen molar-refractivity contribution in [3.8, 4) is 0 Å². The molecular weight excluding hydrogens is 516 g/mol. The molecule has 0 aliphatic heterocycles. The van der Waals surface area contributed by atoms with Crippen LogP contribution in [0, 0.1) is 46.3 Å². The van der Waals surface area contributed by atoms with E-state index in [4.69, 9.17) is 12.9 Å². The van der Waals surface area contributed by atoms with Crippen molar-refractivity contribution in [1.29, 1.82) is 0 Å². The fourth-order valence-corrected chi connectivity index (χ4v) is 9.91. The van der Waals surface area contributed by atoms with Gasteiger partial charge in [-0.25, -0.2) is 8.37 Å². The number of fused-ring (bicyclic) bond motifs is 5. The smallest absolute Gasteiger partial charge is 0.264 e. The lowest BCUT2D eigenvalue weighted by atomic mass is 9.47. The number of rotatable bonds is 10. The number of hydrogen-bond donors (Lipinski definition) is 2. The largest absolute Gasteiger partial charge is 0.397 e. The molecule has 2 N–H and O–H groups in total. The molecule has 10 heteroatoms. The van der Waals surface area contributed by atoms with E-state index in [2.05, 4.69) is 33.8 Å². The maximum absolute atomic E-state index is 11.4. The first-order valence-electron chi connectivity index (χ1n) is 14.1. The van der Waals surface area contributed by atoms with E-state index in [9.17, 15) is 21.4 Å². The zero-order valence-corrected chi connectivity index (χ0v) is 24.4. The normalized spacial score (nSPS) is 39.0. The molecule has 0 radical (unpaired) electrons. The Bertz CT molecular complexity index is 1070. The van der Waals surface area contributed by atoms with E-state index in [1.165, 1.54) is 5.57 Å². The zero-order valence-electron chi connectivity index (χ0n) is 22.8. The second kappa shape index (κ2) is 10.8. The van der Waals surface area contributed by atoms with Gasteiger partial charge in [-0.05, 0) is 104 Å². The summed E-state index contributed by atoms with van der Waals surface area (Å²) in [5, 5.41) is 0. The Labute approximate surface area is 223 Å². The molecule has 0 aromatic heterocycles. The monoisotopic (exact) mass is 562 g/mol. The van der Waals surface area contributed by atoms with Crippen molar-refractivity contribution in [2.24, 2.45) is 46.3 Å². The molecule has 0 spiro atoms. The summed E-state index contributed by atoms with van der Waals surface area (Å²) in [7, 11) is -8.92. The SMILES string of the molecule is CC(C)CCC[C@@H](COS(=O)(=O)O)[C@H]1CC[C@H]2[C@@H]3CC=C4C[C@H](OS(=O)(=O)O)CC[C@]4(C)[C@H]3CC[C@]12C. The van der Waals surface area contributed by atoms with Gasteiger partial charge < -0.3 is 0 Å². The van der Waals surface area contributed by atoms with Crippen LogP contribution in [0.3, 0.4) is 0 Å². The molecule has 0 aromatic carbocycles. The summed E-state index contributed by atoms with van der Waals surface area (Å²) in [5.41, 5.74) is 1.41. The first-order valence-corrected chi connectivity index (χ1v) is 16.8. The average Bonchev–Trinajstić information content (AvgIpc) is 3.11. The maximum atomic E-state index is 11.4. The molecule has 8 atom stereocenters. The minimum absolute atomic E-state index is 0.0200. The molecular formula is C27H46O8S2. The summed E-state index contributed by atoms with van der Waals surface area (Å²) < 4.78 is 73.7. The van der Waals surface area contributed by atoms with E-state index in [1.54, 1.807) is 0 Å². The van der Waals surface area contributed by atoms with Crippen LogP contribution in [0.5, 0.6) is 0 Å². The second-order valence-electron chi connectivity index (χ2n) is 13.2. The molecule has 214 valence electrons. The Kier molecular flexibility index (Phi) is 8.60. The summed E-state index contributed by atoms with van der Waals surface area (Å²) in [6.07, 6.45) is 12.2. The van der Waals surface area contributed by atoms with Crippen molar-refractivity contribution in [3.63, 3.8) is 0 Å². The van der Waals surface area contributed by atoms with Crippen LogP contribution in [0.4, 0.5) is 0 Å². The van der Waals surface area contributed by atoms with E-state index in [0.717, 1.165) is 57.8 Å². The first-order chi connectivity index (χ1) is 17.1. The first kappa shape index (κ1) is 29.5. The zero-order chi connectivity index (χ0) is 27.2. The van der Waals surface area contributed by atoms with Crippen molar-refractivity contribution in [1.82, 2.24) is 0 Å². The van der Waals surface area contributed by atoms with Crippen LogP contribution in [-0.2, 0) is 29.2 Å². The highest BCUT2D eigenvalue weighted by Gasteiger charge is 2.59. The van der Waals surface area contributed by atoms with Crippen molar-refractivity contribution in [3.05, 3.63) is 11.6 Å². The van der Waals surface area contributed by atoms with Crippen molar-refractivity contribution in [2.45, 2.75) is 104 Å². The molecule has 3 saturated carbocycles. The molecule has 0 saturated heterocycles. The highest BCUT2D eigenvalue weighted by Crippen LogP contribution is 2.67. The van der Waals surface area contributed by atoms with Gasteiger partial charge in [0.25, 0.3) is 0 Å². The van der Waals surface area contributed by atoms with E-state index in [0.29, 0.717) is 42.4 Å². The highest BCUT2D eigenvalue weighted by atomic mass is 32.3. The van der Waals surface area contributed by atoms with Gasteiger partial charge in [0.1, 0.15) is 0 Å². The third-order valence-electron chi connectivity index (χ3n) is 10.7. The van der Waals surface area contributed by atoms with Crippen LogP contribution in [0.2, 0.25) is 0 Å². The van der Waals surface area contributed by atoms with E-state index in [1.807, 2.05) is 0 Å². The molecule has 4 aliphatic carbocycles. The van der Waals surface area contributed by atoms with Gasteiger partial charge >= 0.3 is 20.8 Å². The Balaban J connectivity index is 1.52. The molecule has 8 nitrogen and oxygen atoms in total. The van der Waals surface area contributed by atoms with E-state index >= 15 is 0 Å². The molecule has 0 bridgehead atoms. The van der Waals surface area contributed by atoms with Crippen LogP contribution < -0.4 is 0 Å². The molecule has 0 heterocycles. The summed E-state index contributed by atoms with van der Waals surface area (Å²) >= 11 is 0. The Morgan fingerprint density at radius 2 is 1.70 bits per heavy atom. The lowest BCUT2D eigenvalue weighted by Crippen LogP contribution is -2.51. The topological polar surface area (TPSA) is 127 Å². The highest BCUT2D eigenvalue weighted by molar-refractivity contribution is 7.81. The predicted molar refractivity (Wildman–Crippen MR) is 141 cm³/mol. The van der Waals surface area contributed by atoms with Crippen molar-refractivity contribution >= 4 is 20.8 Å². The third-order valence-corrected chi connectivity index (χ3v) is 11.7. The quantitative estimate of drug-likeness (QED) is 0.245. The molecule has 0 unspecified atom stereocenters. The van der Waals surface area contributed by atoms with Gasteiger partial charge in [-0.3, -0.25) is 9.11 Å². The maximum Gasteiger partial charge on any atom is 0.397 e. The second-order valence-corrected chi connectivity index (χ2v) is 15.3. The van der Waals surface area contributed by atoms with Gasteiger partial charge in [0.2, 0.25) is 0 Å². The van der Waals surface area contributed by atoms with Gasteiger partial charge in [0, 0.05) is 0 Å². The average molecular weight is 563 g/mol.